The maximum Gasteiger partial charge on any atom is 0.272 e. The van der Waals surface area contributed by atoms with Crippen LogP contribution in [0.15, 0.2) is 30.9 Å². The summed E-state index contributed by atoms with van der Waals surface area (Å²) in [5.41, 5.74) is 1.32. The van der Waals surface area contributed by atoms with Gasteiger partial charge in [-0.3, -0.25) is 19.4 Å². The van der Waals surface area contributed by atoms with Gasteiger partial charge in [-0.05, 0) is 6.07 Å². The number of hydrogen-bond acceptors (Lipinski definition) is 5. The van der Waals surface area contributed by atoms with Crippen molar-refractivity contribution in [2.75, 3.05) is 19.7 Å². The minimum atomic E-state index is -0.227. The second-order valence-electron chi connectivity index (χ2n) is 4.58. The van der Waals surface area contributed by atoms with Gasteiger partial charge in [-0.1, -0.05) is 0 Å². The number of aromatic nitrogens is 4. The van der Waals surface area contributed by atoms with Gasteiger partial charge in [-0.2, -0.15) is 5.10 Å². The van der Waals surface area contributed by atoms with Crippen molar-refractivity contribution < 1.29 is 9.53 Å². The summed E-state index contributed by atoms with van der Waals surface area (Å²) in [6.07, 6.45) is 6.30. The molecule has 0 N–H and O–H groups in total. The van der Waals surface area contributed by atoms with Gasteiger partial charge in [0.15, 0.2) is 0 Å². The van der Waals surface area contributed by atoms with Crippen LogP contribution < -0.4 is 0 Å². The Hall–Kier alpha value is -2.28. The number of amides is 1. The summed E-state index contributed by atoms with van der Waals surface area (Å²) in [7, 11) is 1.76. The number of morpholine rings is 1. The number of ether oxygens (including phenoxy) is 1. The summed E-state index contributed by atoms with van der Waals surface area (Å²) in [5, 5.41) is 4.03. The summed E-state index contributed by atoms with van der Waals surface area (Å²) in [4.78, 5) is 22.5. The van der Waals surface area contributed by atoms with Crippen LogP contribution in [-0.2, 0) is 11.8 Å². The normalized spacial score (nSPS) is 19.1. The number of rotatable bonds is 2. The SMILES string of the molecule is Cn1nccc1C(=O)N1CCO[C@H](c2cnccn2)C1. The van der Waals surface area contributed by atoms with Crippen LogP contribution in [0.4, 0.5) is 0 Å². The van der Waals surface area contributed by atoms with Crippen LogP contribution in [0, 0.1) is 0 Å². The predicted octanol–water partition coefficient (Wildman–Crippen LogP) is 0.424. The van der Waals surface area contributed by atoms with E-state index >= 15 is 0 Å². The van der Waals surface area contributed by atoms with E-state index in [9.17, 15) is 4.79 Å². The molecule has 2 aromatic heterocycles. The summed E-state index contributed by atoms with van der Waals surface area (Å²) in [6, 6.07) is 1.72. The van der Waals surface area contributed by atoms with Crippen molar-refractivity contribution in [2.45, 2.75) is 6.10 Å². The van der Waals surface area contributed by atoms with Crippen molar-refractivity contribution in [3.63, 3.8) is 0 Å². The van der Waals surface area contributed by atoms with E-state index in [2.05, 4.69) is 15.1 Å². The van der Waals surface area contributed by atoms with E-state index in [0.717, 1.165) is 5.69 Å². The first-order valence-corrected chi connectivity index (χ1v) is 6.40. The third kappa shape index (κ3) is 2.39. The predicted molar refractivity (Wildman–Crippen MR) is 69.8 cm³/mol. The molecular formula is C13H15N5O2. The van der Waals surface area contributed by atoms with Crippen molar-refractivity contribution in [3.8, 4) is 0 Å². The van der Waals surface area contributed by atoms with Crippen LogP contribution in [0.2, 0.25) is 0 Å². The minimum absolute atomic E-state index is 0.0396. The highest BCUT2D eigenvalue weighted by Gasteiger charge is 2.28. The van der Waals surface area contributed by atoms with Gasteiger partial charge in [-0.25, -0.2) is 0 Å². The highest BCUT2D eigenvalue weighted by molar-refractivity contribution is 5.92. The molecule has 7 nitrogen and oxygen atoms in total. The maximum atomic E-state index is 12.4. The molecule has 20 heavy (non-hydrogen) atoms. The first-order valence-electron chi connectivity index (χ1n) is 6.40. The standard InChI is InChI=1S/C13H15N5O2/c1-17-11(2-3-16-17)13(19)18-6-7-20-12(9-18)10-8-14-4-5-15-10/h2-5,8,12H,6-7,9H2,1H3/t12-/m0/s1. The minimum Gasteiger partial charge on any atom is -0.368 e. The molecule has 1 aliphatic heterocycles. The van der Waals surface area contributed by atoms with Crippen LogP contribution in [-0.4, -0.2) is 50.3 Å². The molecule has 1 saturated heterocycles. The van der Waals surface area contributed by atoms with Gasteiger partial charge in [0.2, 0.25) is 0 Å². The number of nitrogens with zero attached hydrogens (tertiary/aromatic N) is 5. The van der Waals surface area contributed by atoms with Gasteiger partial charge in [0.05, 0.1) is 25.0 Å². The van der Waals surface area contributed by atoms with Crippen LogP contribution in [0.1, 0.15) is 22.3 Å². The van der Waals surface area contributed by atoms with E-state index < -0.39 is 0 Å². The maximum absolute atomic E-state index is 12.4. The summed E-state index contributed by atoms with van der Waals surface area (Å²) >= 11 is 0. The molecule has 7 heteroatoms. The van der Waals surface area contributed by atoms with Crippen LogP contribution >= 0.6 is 0 Å². The van der Waals surface area contributed by atoms with Crippen molar-refractivity contribution in [2.24, 2.45) is 7.05 Å². The van der Waals surface area contributed by atoms with Gasteiger partial charge >= 0.3 is 0 Å². The molecule has 0 spiro atoms. The molecule has 104 valence electrons. The Bertz CT molecular complexity index is 598. The Morgan fingerprint density at radius 3 is 3.00 bits per heavy atom. The topological polar surface area (TPSA) is 73.1 Å². The molecule has 2 aromatic rings. The second kappa shape index (κ2) is 5.38. The lowest BCUT2D eigenvalue weighted by Gasteiger charge is -2.32. The molecule has 0 aromatic carbocycles. The van der Waals surface area contributed by atoms with Crippen LogP contribution in [0.25, 0.3) is 0 Å². The molecule has 1 fully saturated rings. The van der Waals surface area contributed by atoms with E-state index in [0.29, 0.717) is 25.4 Å². The molecule has 1 aliphatic rings. The molecule has 0 bridgehead atoms. The zero-order valence-electron chi connectivity index (χ0n) is 11.1. The van der Waals surface area contributed by atoms with Gasteiger partial charge in [0.1, 0.15) is 11.8 Å². The molecule has 1 amide bonds. The number of carbonyl (C=O) groups excluding carboxylic acids is 1. The molecule has 3 heterocycles. The van der Waals surface area contributed by atoms with Crippen LogP contribution in [0.3, 0.4) is 0 Å². The smallest absolute Gasteiger partial charge is 0.272 e. The van der Waals surface area contributed by atoms with Crippen molar-refractivity contribution in [1.29, 1.82) is 0 Å². The highest BCUT2D eigenvalue weighted by Crippen LogP contribution is 2.20. The molecule has 0 radical (unpaired) electrons. The Labute approximate surface area is 116 Å². The largest absolute Gasteiger partial charge is 0.368 e. The van der Waals surface area contributed by atoms with Gasteiger partial charge < -0.3 is 9.64 Å². The Morgan fingerprint density at radius 2 is 2.30 bits per heavy atom. The number of carbonyl (C=O) groups is 1. The van der Waals surface area contributed by atoms with Gasteiger partial charge in [0.25, 0.3) is 5.91 Å². The lowest BCUT2D eigenvalue weighted by Crippen LogP contribution is -2.43. The zero-order chi connectivity index (χ0) is 13.9. The first-order chi connectivity index (χ1) is 9.75. The summed E-state index contributed by atoms with van der Waals surface area (Å²) < 4.78 is 7.25. The van der Waals surface area contributed by atoms with E-state index in [1.54, 1.807) is 47.5 Å². The summed E-state index contributed by atoms with van der Waals surface area (Å²) in [5.74, 6) is -0.0396. The fourth-order valence-corrected chi connectivity index (χ4v) is 2.24. The molecule has 0 unspecified atom stereocenters. The van der Waals surface area contributed by atoms with Crippen molar-refractivity contribution in [3.05, 3.63) is 42.2 Å². The van der Waals surface area contributed by atoms with Crippen molar-refractivity contribution >= 4 is 5.91 Å². The quantitative estimate of drug-likeness (QED) is 0.793. The molecular weight excluding hydrogens is 258 g/mol. The van der Waals surface area contributed by atoms with E-state index in [1.807, 2.05) is 0 Å². The Morgan fingerprint density at radius 1 is 1.40 bits per heavy atom. The highest BCUT2D eigenvalue weighted by atomic mass is 16.5. The van der Waals surface area contributed by atoms with E-state index in [4.69, 9.17) is 4.74 Å². The second-order valence-corrected chi connectivity index (χ2v) is 4.58. The summed E-state index contributed by atoms with van der Waals surface area (Å²) in [6.45, 7) is 1.54. The van der Waals surface area contributed by atoms with Gasteiger partial charge in [-0.15, -0.1) is 0 Å². The van der Waals surface area contributed by atoms with Crippen molar-refractivity contribution in [1.82, 2.24) is 24.6 Å². The average molecular weight is 273 g/mol. The third-order valence-corrected chi connectivity index (χ3v) is 3.31. The van der Waals surface area contributed by atoms with E-state index in [1.165, 1.54) is 0 Å². The molecule has 0 aliphatic carbocycles. The monoisotopic (exact) mass is 273 g/mol. The fraction of sp³-hybridized carbons (Fsp3) is 0.385. The third-order valence-electron chi connectivity index (χ3n) is 3.31. The fourth-order valence-electron chi connectivity index (χ4n) is 2.24. The first kappa shape index (κ1) is 12.7. The lowest BCUT2D eigenvalue weighted by atomic mass is 10.2. The lowest BCUT2D eigenvalue weighted by molar-refractivity contribution is -0.0252. The molecule has 1 atom stereocenters. The Balaban J connectivity index is 1.76. The van der Waals surface area contributed by atoms with Crippen LogP contribution in [0.5, 0.6) is 0 Å². The molecule has 3 rings (SSSR count). The van der Waals surface area contributed by atoms with E-state index in [-0.39, 0.29) is 12.0 Å². The number of hydrogen-bond donors (Lipinski definition) is 0. The van der Waals surface area contributed by atoms with Gasteiger partial charge in [0, 0.05) is 32.2 Å². The average Bonchev–Trinajstić information content (AvgIpc) is 2.94. The Kier molecular flexibility index (Phi) is 3.42. The number of aryl methyl sites for hydroxylation is 1. The zero-order valence-corrected chi connectivity index (χ0v) is 11.1. The molecule has 0 saturated carbocycles.